The van der Waals surface area contributed by atoms with E-state index in [1.807, 2.05) is 31.3 Å². The minimum atomic E-state index is -0.496. The molecule has 3 rings (SSSR count). The topological polar surface area (TPSA) is 92.8 Å². The van der Waals surface area contributed by atoms with Crippen LogP contribution in [0, 0.1) is 0 Å². The van der Waals surface area contributed by atoms with Crippen LogP contribution >= 0.6 is 0 Å². The first kappa shape index (κ1) is 12.2. The molecule has 1 aliphatic rings. The normalized spacial score (nSPS) is 14.6. The van der Waals surface area contributed by atoms with Gasteiger partial charge in [0, 0.05) is 24.4 Å². The summed E-state index contributed by atoms with van der Waals surface area (Å²) in [6, 6.07) is 9.04. The lowest BCUT2D eigenvalue weighted by Gasteiger charge is -2.08. The lowest BCUT2D eigenvalue weighted by molar-refractivity contribution is 0.232. The number of H-pyrrole nitrogens is 1. The van der Waals surface area contributed by atoms with Crippen LogP contribution in [0.15, 0.2) is 46.4 Å². The molecule has 0 amide bonds. The number of aromatic nitrogens is 1. The van der Waals surface area contributed by atoms with E-state index in [4.69, 9.17) is 0 Å². The van der Waals surface area contributed by atoms with E-state index in [1.165, 1.54) is 6.07 Å². The van der Waals surface area contributed by atoms with Crippen molar-refractivity contribution in [2.45, 2.75) is 0 Å². The Bertz CT molecular complexity index is 720. The van der Waals surface area contributed by atoms with E-state index >= 15 is 0 Å². The standard InChI is InChI=1S/C13H13N5O2/c1-18-16-12(15-17-18)9-4-2-8(3-5-9)10-6-11(19)13(20)14-7-10/h2-7,17,19H,1H3,(H,14,20)(H,15,16). The minimum Gasteiger partial charge on any atom is -0.503 e. The van der Waals surface area contributed by atoms with E-state index in [1.54, 1.807) is 11.3 Å². The molecule has 0 fully saturated rings. The van der Waals surface area contributed by atoms with E-state index < -0.39 is 5.56 Å². The van der Waals surface area contributed by atoms with Gasteiger partial charge in [-0.3, -0.25) is 10.2 Å². The fourth-order valence-electron chi connectivity index (χ4n) is 1.92. The van der Waals surface area contributed by atoms with Gasteiger partial charge in [-0.1, -0.05) is 24.3 Å². The Morgan fingerprint density at radius 3 is 2.45 bits per heavy atom. The van der Waals surface area contributed by atoms with Gasteiger partial charge in [-0.25, -0.2) is 5.53 Å². The summed E-state index contributed by atoms with van der Waals surface area (Å²) in [5.41, 5.74) is 7.86. The number of aromatic amines is 1. The molecular weight excluding hydrogens is 258 g/mol. The third-order valence-electron chi connectivity index (χ3n) is 2.96. The van der Waals surface area contributed by atoms with Crippen molar-refractivity contribution < 1.29 is 5.11 Å². The monoisotopic (exact) mass is 271 g/mol. The number of hydrogen-bond acceptors (Lipinski definition) is 6. The van der Waals surface area contributed by atoms with Gasteiger partial charge in [-0.15, -0.1) is 10.2 Å². The molecule has 0 bridgehead atoms. The molecule has 0 unspecified atom stereocenters. The number of nitrogens with zero attached hydrogens (tertiary/aromatic N) is 2. The Kier molecular flexibility index (Phi) is 2.88. The molecule has 2 aromatic rings. The van der Waals surface area contributed by atoms with Crippen molar-refractivity contribution in [3.63, 3.8) is 0 Å². The van der Waals surface area contributed by atoms with Crippen molar-refractivity contribution in [2.75, 3.05) is 7.05 Å². The number of aromatic hydroxyl groups is 1. The number of hydrazine groups is 2. The fraction of sp³-hybridized carbons (Fsp3) is 0.0769. The maximum atomic E-state index is 11.1. The summed E-state index contributed by atoms with van der Waals surface area (Å²) < 4.78 is 0. The van der Waals surface area contributed by atoms with Crippen LogP contribution in [0.2, 0.25) is 0 Å². The Labute approximate surface area is 114 Å². The Morgan fingerprint density at radius 1 is 1.15 bits per heavy atom. The van der Waals surface area contributed by atoms with Gasteiger partial charge in [0.15, 0.2) is 11.6 Å². The highest BCUT2D eigenvalue weighted by molar-refractivity contribution is 5.99. The number of hydrogen-bond donors (Lipinski definition) is 4. The van der Waals surface area contributed by atoms with Gasteiger partial charge in [0.2, 0.25) is 0 Å². The number of hydrazone groups is 1. The number of rotatable bonds is 2. The van der Waals surface area contributed by atoms with Crippen molar-refractivity contribution in [3.8, 4) is 16.9 Å². The Hall–Kier alpha value is -2.80. The molecule has 0 aliphatic carbocycles. The highest BCUT2D eigenvalue weighted by Gasteiger charge is 2.12. The fourth-order valence-corrected chi connectivity index (χ4v) is 1.92. The van der Waals surface area contributed by atoms with Gasteiger partial charge in [-0.05, 0) is 11.6 Å². The third kappa shape index (κ3) is 2.21. The maximum Gasteiger partial charge on any atom is 0.290 e. The zero-order valence-electron chi connectivity index (χ0n) is 10.7. The first-order valence-electron chi connectivity index (χ1n) is 6.00. The predicted molar refractivity (Wildman–Crippen MR) is 74.7 cm³/mol. The van der Waals surface area contributed by atoms with Gasteiger partial charge >= 0.3 is 0 Å². The molecule has 7 heteroatoms. The minimum absolute atomic E-state index is 0.292. The van der Waals surface area contributed by atoms with E-state index in [-0.39, 0.29) is 5.75 Å². The van der Waals surface area contributed by atoms with Crippen molar-refractivity contribution in [3.05, 3.63) is 52.4 Å². The average molecular weight is 271 g/mol. The van der Waals surface area contributed by atoms with Gasteiger partial charge in [-0.2, -0.15) is 0 Å². The van der Waals surface area contributed by atoms with Gasteiger partial charge in [0.25, 0.3) is 5.56 Å². The van der Waals surface area contributed by atoms with Crippen LogP contribution in [0.5, 0.6) is 5.75 Å². The van der Waals surface area contributed by atoms with Crippen molar-refractivity contribution >= 4 is 5.84 Å². The second-order valence-corrected chi connectivity index (χ2v) is 4.41. The largest absolute Gasteiger partial charge is 0.503 e. The second kappa shape index (κ2) is 4.71. The smallest absolute Gasteiger partial charge is 0.290 e. The number of nitrogens with one attached hydrogen (secondary N) is 3. The SMILES string of the molecule is CN1NN=C(c2ccc(-c3c[nH]c(=O)c(O)c3)cc2)N1. The first-order valence-corrected chi connectivity index (χ1v) is 6.00. The molecule has 7 nitrogen and oxygen atoms in total. The van der Waals surface area contributed by atoms with Crippen molar-refractivity contribution in [1.29, 1.82) is 0 Å². The molecular formula is C13H13N5O2. The molecule has 0 saturated heterocycles. The van der Waals surface area contributed by atoms with Crippen molar-refractivity contribution in [1.82, 2.24) is 21.1 Å². The van der Waals surface area contributed by atoms with Crippen LogP contribution in [0.25, 0.3) is 11.1 Å². The predicted octanol–water partition coefficient (Wildman–Crippen LogP) is 0.364. The van der Waals surface area contributed by atoms with E-state index in [0.717, 1.165) is 22.5 Å². The molecule has 2 heterocycles. The van der Waals surface area contributed by atoms with Crippen molar-refractivity contribution in [2.24, 2.45) is 5.10 Å². The zero-order chi connectivity index (χ0) is 14.1. The molecule has 0 atom stereocenters. The van der Waals surface area contributed by atoms with Crippen LogP contribution in [-0.4, -0.2) is 28.1 Å². The van der Waals surface area contributed by atoms with Gasteiger partial charge < -0.3 is 10.1 Å². The summed E-state index contributed by atoms with van der Waals surface area (Å²) in [5.74, 6) is 0.433. The average Bonchev–Trinajstić information content (AvgIpc) is 2.89. The van der Waals surface area contributed by atoms with Gasteiger partial charge in [0.1, 0.15) is 0 Å². The molecule has 0 saturated carbocycles. The summed E-state index contributed by atoms with van der Waals surface area (Å²) in [6.07, 6.45) is 1.57. The molecule has 0 spiro atoms. The summed E-state index contributed by atoms with van der Waals surface area (Å²) in [6.45, 7) is 0. The number of pyridine rings is 1. The summed E-state index contributed by atoms with van der Waals surface area (Å²) >= 11 is 0. The zero-order valence-corrected chi connectivity index (χ0v) is 10.7. The van der Waals surface area contributed by atoms with Crippen LogP contribution in [-0.2, 0) is 0 Å². The second-order valence-electron chi connectivity index (χ2n) is 4.41. The first-order chi connectivity index (χ1) is 9.63. The van der Waals surface area contributed by atoms with Crippen LogP contribution in [0.1, 0.15) is 5.56 Å². The maximum absolute atomic E-state index is 11.1. The van der Waals surface area contributed by atoms with Crippen LogP contribution in [0.4, 0.5) is 0 Å². The van der Waals surface area contributed by atoms with Crippen LogP contribution < -0.4 is 16.5 Å². The van der Waals surface area contributed by atoms with E-state index in [0.29, 0.717) is 0 Å². The summed E-state index contributed by atoms with van der Waals surface area (Å²) in [7, 11) is 1.81. The lowest BCUT2D eigenvalue weighted by Crippen LogP contribution is -2.37. The molecule has 4 N–H and O–H groups in total. The Balaban J connectivity index is 1.89. The highest BCUT2D eigenvalue weighted by atomic mass is 16.3. The molecule has 0 radical (unpaired) electrons. The summed E-state index contributed by atoms with van der Waals surface area (Å²) in [4.78, 5) is 13.6. The molecule has 20 heavy (non-hydrogen) atoms. The van der Waals surface area contributed by atoms with E-state index in [2.05, 4.69) is 21.0 Å². The van der Waals surface area contributed by atoms with Crippen LogP contribution in [0.3, 0.4) is 0 Å². The number of benzene rings is 1. The molecule has 102 valence electrons. The third-order valence-corrected chi connectivity index (χ3v) is 2.96. The van der Waals surface area contributed by atoms with Gasteiger partial charge in [0.05, 0.1) is 0 Å². The molecule has 1 aromatic carbocycles. The Morgan fingerprint density at radius 2 is 1.85 bits per heavy atom. The molecule has 1 aliphatic heterocycles. The lowest BCUT2D eigenvalue weighted by atomic mass is 10.1. The van der Waals surface area contributed by atoms with E-state index in [9.17, 15) is 9.90 Å². The highest BCUT2D eigenvalue weighted by Crippen LogP contribution is 2.20. The summed E-state index contributed by atoms with van der Waals surface area (Å²) in [5, 5.41) is 15.2. The quantitative estimate of drug-likeness (QED) is 0.633. The number of amidine groups is 1. The molecule has 1 aromatic heterocycles.